The molecule has 0 aliphatic rings. The maximum atomic E-state index is 10.4. The molecular weight excluding hydrogens is 228 g/mol. The molecule has 17 heavy (non-hydrogen) atoms. The molecule has 6 nitrogen and oxygen atoms in total. The van der Waals surface area contributed by atoms with Crippen LogP contribution in [0.4, 0.5) is 0 Å². The highest BCUT2D eigenvalue weighted by Gasteiger charge is 2.35. The summed E-state index contributed by atoms with van der Waals surface area (Å²) in [7, 11) is 0. The predicted octanol–water partition coefficient (Wildman–Crippen LogP) is -0.551. The van der Waals surface area contributed by atoms with Crippen molar-refractivity contribution in [2.45, 2.75) is 27.2 Å². The van der Waals surface area contributed by atoms with Crippen molar-refractivity contribution < 1.29 is 30.3 Å². The Labute approximate surface area is 102 Å². The van der Waals surface area contributed by atoms with E-state index >= 15 is 0 Å². The third kappa shape index (κ3) is 6.58. The first-order valence-corrected chi connectivity index (χ1v) is 5.42. The lowest BCUT2D eigenvalue weighted by atomic mass is 9.87. The predicted molar refractivity (Wildman–Crippen MR) is 62.5 cm³/mol. The van der Waals surface area contributed by atoms with Crippen LogP contribution in [0.1, 0.15) is 27.2 Å². The third-order valence-electron chi connectivity index (χ3n) is 2.59. The highest BCUT2D eigenvalue weighted by Crippen LogP contribution is 2.19. The van der Waals surface area contributed by atoms with Crippen LogP contribution in [0.25, 0.3) is 0 Å². The second kappa shape index (κ2) is 8.41. The SMILES string of the molecule is CC(C)(CO)CO.CCC(CO)(CO)C(=O)O. The van der Waals surface area contributed by atoms with E-state index in [0.29, 0.717) is 0 Å². The fourth-order valence-electron chi connectivity index (χ4n) is 0.610. The first-order chi connectivity index (χ1) is 7.75. The van der Waals surface area contributed by atoms with E-state index in [-0.39, 0.29) is 25.0 Å². The number of aliphatic hydroxyl groups excluding tert-OH is 4. The van der Waals surface area contributed by atoms with Crippen LogP contribution < -0.4 is 0 Å². The van der Waals surface area contributed by atoms with Crippen LogP contribution >= 0.6 is 0 Å². The van der Waals surface area contributed by atoms with Gasteiger partial charge >= 0.3 is 5.97 Å². The highest BCUT2D eigenvalue weighted by atomic mass is 16.4. The molecule has 0 amide bonds. The highest BCUT2D eigenvalue weighted by molar-refractivity contribution is 5.74. The zero-order chi connectivity index (χ0) is 14.1. The molecule has 0 bridgehead atoms. The number of aliphatic hydroxyl groups is 4. The van der Waals surface area contributed by atoms with Gasteiger partial charge in [-0.05, 0) is 6.42 Å². The maximum Gasteiger partial charge on any atom is 0.314 e. The van der Waals surface area contributed by atoms with Crippen LogP contribution in [0.3, 0.4) is 0 Å². The van der Waals surface area contributed by atoms with Crippen molar-refractivity contribution in [1.29, 1.82) is 0 Å². The van der Waals surface area contributed by atoms with Gasteiger partial charge in [-0.2, -0.15) is 0 Å². The quantitative estimate of drug-likeness (QED) is 0.433. The van der Waals surface area contributed by atoms with Gasteiger partial charge in [0.2, 0.25) is 0 Å². The Morgan fingerprint density at radius 1 is 0.941 bits per heavy atom. The van der Waals surface area contributed by atoms with Crippen molar-refractivity contribution in [2.75, 3.05) is 26.4 Å². The van der Waals surface area contributed by atoms with Crippen LogP contribution in [-0.4, -0.2) is 57.9 Å². The Hall–Kier alpha value is -0.690. The summed E-state index contributed by atoms with van der Waals surface area (Å²) in [5, 5.41) is 42.6. The molecule has 0 aliphatic heterocycles. The van der Waals surface area contributed by atoms with Gasteiger partial charge in [-0.3, -0.25) is 4.79 Å². The van der Waals surface area contributed by atoms with E-state index in [1.54, 1.807) is 20.8 Å². The Bertz CT molecular complexity index is 196. The summed E-state index contributed by atoms with van der Waals surface area (Å²) in [6.07, 6.45) is 0.231. The molecular formula is C11H24O6. The number of aliphatic carboxylic acids is 1. The van der Waals surface area contributed by atoms with E-state index in [1.165, 1.54) is 0 Å². The molecule has 0 heterocycles. The number of hydrogen-bond acceptors (Lipinski definition) is 5. The molecule has 0 aromatic carbocycles. The minimum Gasteiger partial charge on any atom is -0.481 e. The Morgan fingerprint density at radius 3 is 1.29 bits per heavy atom. The zero-order valence-electron chi connectivity index (χ0n) is 10.7. The van der Waals surface area contributed by atoms with Gasteiger partial charge in [-0.1, -0.05) is 20.8 Å². The minimum atomic E-state index is -1.35. The molecule has 0 radical (unpaired) electrons. The summed E-state index contributed by atoms with van der Waals surface area (Å²) < 4.78 is 0. The molecule has 6 heteroatoms. The van der Waals surface area contributed by atoms with Crippen molar-refractivity contribution >= 4 is 5.97 Å². The molecule has 0 atom stereocenters. The summed E-state index contributed by atoms with van der Waals surface area (Å²) in [6, 6.07) is 0. The Balaban J connectivity index is 0. The fraction of sp³-hybridized carbons (Fsp3) is 0.909. The average molecular weight is 252 g/mol. The van der Waals surface area contributed by atoms with Crippen LogP contribution in [-0.2, 0) is 4.79 Å². The van der Waals surface area contributed by atoms with E-state index in [0.717, 1.165) is 0 Å². The monoisotopic (exact) mass is 252 g/mol. The lowest BCUT2D eigenvalue weighted by molar-refractivity contribution is -0.154. The summed E-state index contributed by atoms with van der Waals surface area (Å²) >= 11 is 0. The van der Waals surface area contributed by atoms with Crippen LogP contribution in [0, 0.1) is 10.8 Å². The minimum absolute atomic E-state index is 0.0451. The number of carbonyl (C=O) groups is 1. The first kappa shape index (κ1) is 18.7. The topological polar surface area (TPSA) is 118 Å². The Kier molecular flexibility index (Phi) is 9.23. The van der Waals surface area contributed by atoms with Gasteiger partial charge in [-0.15, -0.1) is 0 Å². The first-order valence-electron chi connectivity index (χ1n) is 5.42. The smallest absolute Gasteiger partial charge is 0.314 e. The molecule has 104 valence electrons. The van der Waals surface area contributed by atoms with Gasteiger partial charge in [0.25, 0.3) is 0 Å². The lowest BCUT2D eigenvalue weighted by Gasteiger charge is -2.21. The number of carboxylic acids is 1. The molecule has 0 aromatic heterocycles. The van der Waals surface area contributed by atoms with E-state index < -0.39 is 24.6 Å². The van der Waals surface area contributed by atoms with Gasteiger partial charge in [-0.25, -0.2) is 0 Å². The summed E-state index contributed by atoms with van der Waals surface area (Å²) in [5.74, 6) is -1.15. The van der Waals surface area contributed by atoms with Gasteiger partial charge < -0.3 is 25.5 Å². The average Bonchev–Trinajstić information content (AvgIpc) is 2.32. The van der Waals surface area contributed by atoms with Gasteiger partial charge in [0, 0.05) is 5.41 Å². The standard InChI is InChI=1S/C6H12O4.C5H12O2/c1-2-6(3-7,4-8)5(9)10;1-5(2,3-6)4-7/h7-8H,2-4H2,1H3,(H,9,10);6-7H,3-4H2,1-2H3. The zero-order valence-corrected chi connectivity index (χ0v) is 10.7. The summed E-state index contributed by atoms with van der Waals surface area (Å²) in [4.78, 5) is 10.4. The number of rotatable bonds is 6. The molecule has 0 aliphatic carbocycles. The normalized spacial score (nSPS) is 11.7. The van der Waals surface area contributed by atoms with Gasteiger partial charge in [0.1, 0.15) is 5.41 Å². The van der Waals surface area contributed by atoms with Crippen molar-refractivity contribution in [3.8, 4) is 0 Å². The molecule has 0 saturated heterocycles. The number of carboxylic acid groups (broad SMARTS) is 1. The van der Waals surface area contributed by atoms with E-state index in [4.69, 9.17) is 25.5 Å². The van der Waals surface area contributed by atoms with Crippen molar-refractivity contribution in [3.63, 3.8) is 0 Å². The number of hydrogen-bond donors (Lipinski definition) is 5. The molecule has 0 unspecified atom stereocenters. The summed E-state index contributed by atoms with van der Waals surface area (Å²) in [5.41, 5.74) is -1.65. The molecule has 0 rings (SSSR count). The van der Waals surface area contributed by atoms with E-state index in [2.05, 4.69) is 0 Å². The largest absolute Gasteiger partial charge is 0.481 e. The molecule has 0 spiro atoms. The Morgan fingerprint density at radius 2 is 1.29 bits per heavy atom. The van der Waals surface area contributed by atoms with E-state index in [9.17, 15) is 4.79 Å². The second-order valence-electron chi connectivity index (χ2n) is 4.74. The van der Waals surface area contributed by atoms with Crippen molar-refractivity contribution in [1.82, 2.24) is 0 Å². The van der Waals surface area contributed by atoms with Crippen LogP contribution in [0.5, 0.6) is 0 Å². The second-order valence-corrected chi connectivity index (χ2v) is 4.74. The molecule has 0 saturated carbocycles. The molecule has 0 fully saturated rings. The fourth-order valence-corrected chi connectivity index (χ4v) is 0.610. The summed E-state index contributed by atoms with van der Waals surface area (Å²) in [6.45, 7) is 4.26. The molecule has 5 N–H and O–H groups in total. The van der Waals surface area contributed by atoms with Crippen molar-refractivity contribution in [2.24, 2.45) is 10.8 Å². The maximum absolute atomic E-state index is 10.4. The van der Waals surface area contributed by atoms with Crippen LogP contribution in [0.15, 0.2) is 0 Å². The van der Waals surface area contributed by atoms with Gasteiger partial charge in [0.05, 0.1) is 26.4 Å². The van der Waals surface area contributed by atoms with E-state index in [1.807, 2.05) is 0 Å². The third-order valence-corrected chi connectivity index (χ3v) is 2.59. The lowest BCUT2D eigenvalue weighted by Crippen LogP contribution is -2.37. The molecule has 0 aromatic rings. The van der Waals surface area contributed by atoms with Gasteiger partial charge in [0.15, 0.2) is 0 Å². The van der Waals surface area contributed by atoms with Crippen LogP contribution in [0.2, 0.25) is 0 Å². The van der Waals surface area contributed by atoms with Crippen molar-refractivity contribution in [3.05, 3.63) is 0 Å².